The van der Waals surface area contributed by atoms with E-state index in [-0.39, 0.29) is 23.7 Å². The molecule has 0 saturated heterocycles. The molecule has 0 bridgehead atoms. The zero-order chi connectivity index (χ0) is 11.1. The van der Waals surface area contributed by atoms with Gasteiger partial charge in [0, 0.05) is 17.5 Å². The zero-order valence-corrected chi connectivity index (χ0v) is 9.74. The van der Waals surface area contributed by atoms with Gasteiger partial charge in [-0.1, -0.05) is 26.7 Å². The van der Waals surface area contributed by atoms with Gasteiger partial charge in [-0.2, -0.15) is 0 Å². The Morgan fingerprint density at radius 1 is 1.13 bits per heavy atom. The summed E-state index contributed by atoms with van der Waals surface area (Å²) in [5, 5.41) is 23.0. The molecule has 4 unspecified atom stereocenters. The lowest BCUT2D eigenvalue weighted by molar-refractivity contribution is -0.0829. The van der Waals surface area contributed by atoms with Gasteiger partial charge in [-0.25, -0.2) is 0 Å². The van der Waals surface area contributed by atoms with Gasteiger partial charge < -0.3 is 15.5 Å². The van der Waals surface area contributed by atoms with Gasteiger partial charge >= 0.3 is 0 Å². The summed E-state index contributed by atoms with van der Waals surface area (Å²) in [6.07, 6.45) is 4.82. The van der Waals surface area contributed by atoms with E-state index in [1.165, 1.54) is 6.42 Å². The SMILES string of the molecule is CC1(C)C(O)CC1NC1CCCCC1O. The van der Waals surface area contributed by atoms with Crippen molar-refractivity contribution in [2.24, 2.45) is 5.41 Å². The van der Waals surface area contributed by atoms with Crippen molar-refractivity contribution >= 4 is 0 Å². The average Bonchev–Trinajstić information content (AvgIpc) is 2.20. The Morgan fingerprint density at radius 2 is 1.80 bits per heavy atom. The maximum Gasteiger partial charge on any atom is 0.0693 e. The Morgan fingerprint density at radius 3 is 2.33 bits per heavy atom. The molecule has 2 saturated carbocycles. The Hall–Kier alpha value is -0.120. The Balaban J connectivity index is 1.87. The standard InChI is InChI=1S/C12H23NO2/c1-12(2)10(7-11(12)15)13-8-5-3-4-6-9(8)14/h8-11,13-15H,3-7H2,1-2H3. The minimum absolute atomic E-state index is 0.0306. The van der Waals surface area contributed by atoms with Crippen molar-refractivity contribution < 1.29 is 10.2 Å². The zero-order valence-electron chi connectivity index (χ0n) is 9.74. The third-order valence-electron chi connectivity index (χ3n) is 4.36. The number of aliphatic hydroxyl groups is 2. The van der Waals surface area contributed by atoms with E-state index in [1.807, 2.05) is 0 Å². The van der Waals surface area contributed by atoms with Gasteiger partial charge in [-0.15, -0.1) is 0 Å². The summed E-state index contributed by atoms with van der Waals surface area (Å²) < 4.78 is 0. The van der Waals surface area contributed by atoms with E-state index in [0.717, 1.165) is 25.7 Å². The molecule has 0 aromatic heterocycles. The number of hydrogen-bond acceptors (Lipinski definition) is 3. The van der Waals surface area contributed by atoms with Crippen molar-refractivity contribution in [3.8, 4) is 0 Å². The second kappa shape index (κ2) is 4.04. The highest BCUT2D eigenvalue weighted by molar-refractivity contribution is 5.03. The van der Waals surface area contributed by atoms with Crippen LogP contribution in [0.15, 0.2) is 0 Å². The smallest absolute Gasteiger partial charge is 0.0693 e. The molecule has 88 valence electrons. The first-order valence-electron chi connectivity index (χ1n) is 6.14. The van der Waals surface area contributed by atoms with Crippen LogP contribution < -0.4 is 5.32 Å². The first-order valence-corrected chi connectivity index (χ1v) is 6.14. The van der Waals surface area contributed by atoms with E-state index in [1.54, 1.807) is 0 Å². The summed E-state index contributed by atoms with van der Waals surface area (Å²) in [5.41, 5.74) is -0.0306. The average molecular weight is 213 g/mol. The van der Waals surface area contributed by atoms with Crippen LogP contribution in [0, 0.1) is 5.41 Å². The van der Waals surface area contributed by atoms with E-state index in [4.69, 9.17) is 0 Å². The maximum absolute atomic E-state index is 9.85. The molecule has 2 fully saturated rings. The lowest BCUT2D eigenvalue weighted by Gasteiger charge is -2.51. The second-order valence-electron chi connectivity index (χ2n) is 5.75. The Kier molecular flexibility index (Phi) is 3.06. The molecule has 15 heavy (non-hydrogen) atoms. The van der Waals surface area contributed by atoms with Crippen molar-refractivity contribution in [1.82, 2.24) is 5.32 Å². The summed E-state index contributed by atoms with van der Waals surface area (Å²) in [6.45, 7) is 4.18. The van der Waals surface area contributed by atoms with Crippen LogP contribution in [0.3, 0.4) is 0 Å². The molecule has 3 N–H and O–H groups in total. The predicted molar refractivity (Wildman–Crippen MR) is 59.6 cm³/mol. The fourth-order valence-electron chi connectivity index (χ4n) is 2.75. The summed E-state index contributed by atoms with van der Waals surface area (Å²) in [7, 11) is 0. The highest BCUT2D eigenvalue weighted by atomic mass is 16.3. The van der Waals surface area contributed by atoms with Crippen LogP contribution >= 0.6 is 0 Å². The molecule has 3 nitrogen and oxygen atoms in total. The summed E-state index contributed by atoms with van der Waals surface area (Å²) >= 11 is 0. The predicted octanol–water partition coefficient (Wildman–Crippen LogP) is 1.04. The number of aliphatic hydroxyl groups excluding tert-OH is 2. The lowest BCUT2D eigenvalue weighted by atomic mass is 9.64. The van der Waals surface area contributed by atoms with E-state index in [0.29, 0.717) is 6.04 Å². The van der Waals surface area contributed by atoms with Gasteiger partial charge in [-0.3, -0.25) is 0 Å². The van der Waals surface area contributed by atoms with Gasteiger partial charge in [0.05, 0.1) is 12.2 Å². The van der Waals surface area contributed by atoms with Crippen molar-refractivity contribution in [2.45, 2.75) is 70.2 Å². The summed E-state index contributed by atoms with van der Waals surface area (Å²) in [5.74, 6) is 0. The normalized spacial score (nSPS) is 44.8. The third-order valence-corrected chi connectivity index (χ3v) is 4.36. The number of hydrogen-bond donors (Lipinski definition) is 3. The largest absolute Gasteiger partial charge is 0.392 e. The second-order valence-corrected chi connectivity index (χ2v) is 5.75. The van der Waals surface area contributed by atoms with Crippen molar-refractivity contribution in [2.75, 3.05) is 0 Å². The molecule has 0 amide bonds. The van der Waals surface area contributed by atoms with Crippen LogP contribution in [0.1, 0.15) is 46.0 Å². The van der Waals surface area contributed by atoms with Gasteiger partial charge in [-0.05, 0) is 19.3 Å². The van der Waals surface area contributed by atoms with E-state index < -0.39 is 0 Å². The molecule has 4 atom stereocenters. The van der Waals surface area contributed by atoms with Gasteiger partial charge in [0.1, 0.15) is 0 Å². The van der Waals surface area contributed by atoms with E-state index >= 15 is 0 Å². The van der Waals surface area contributed by atoms with Gasteiger partial charge in [0.25, 0.3) is 0 Å². The monoisotopic (exact) mass is 213 g/mol. The van der Waals surface area contributed by atoms with Gasteiger partial charge in [0.15, 0.2) is 0 Å². The minimum atomic E-state index is -0.188. The molecular formula is C12H23NO2. The molecule has 0 radical (unpaired) electrons. The van der Waals surface area contributed by atoms with Crippen LogP contribution in [0.4, 0.5) is 0 Å². The molecule has 0 spiro atoms. The molecule has 2 rings (SSSR count). The summed E-state index contributed by atoms with van der Waals surface area (Å²) in [6, 6.07) is 0.612. The van der Waals surface area contributed by atoms with Crippen LogP contribution in [0.2, 0.25) is 0 Å². The molecule has 0 aromatic carbocycles. The highest BCUT2D eigenvalue weighted by Gasteiger charge is 2.48. The first kappa shape index (κ1) is 11.4. The fraction of sp³-hybridized carbons (Fsp3) is 1.00. The lowest BCUT2D eigenvalue weighted by Crippen LogP contribution is -2.63. The molecular weight excluding hydrogens is 190 g/mol. The highest BCUT2D eigenvalue weighted by Crippen LogP contribution is 2.41. The molecule has 0 aromatic rings. The Bertz CT molecular complexity index is 228. The molecule has 2 aliphatic carbocycles. The third kappa shape index (κ3) is 2.05. The first-order chi connectivity index (χ1) is 7.01. The topological polar surface area (TPSA) is 52.5 Å². The van der Waals surface area contributed by atoms with E-state index in [2.05, 4.69) is 19.2 Å². The van der Waals surface area contributed by atoms with Crippen molar-refractivity contribution in [1.29, 1.82) is 0 Å². The Labute approximate surface area is 91.9 Å². The van der Waals surface area contributed by atoms with Crippen LogP contribution in [-0.4, -0.2) is 34.5 Å². The van der Waals surface area contributed by atoms with Crippen LogP contribution in [0.5, 0.6) is 0 Å². The number of rotatable bonds is 2. The minimum Gasteiger partial charge on any atom is -0.392 e. The van der Waals surface area contributed by atoms with Crippen LogP contribution in [0.25, 0.3) is 0 Å². The fourth-order valence-corrected chi connectivity index (χ4v) is 2.75. The van der Waals surface area contributed by atoms with E-state index in [9.17, 15) is 10.2 Å². The van der Waals surface area contributed by atoms with Crippen LogP contribution in [-0.2, 0) is 0 Å². The van der Waals surface area contributed by atoms with Crippen molar-refractivity contribution in [3.05, 3.63) is 0 Å². The number of nitrogens with one attached hydrogen (secondary N) is 1. The maximum atomic E-state index is 9.85. The summed E-state index contributed by atoms with van der Waals surface area (Å²) in [4.78, 5) is 0. The molecule has 2 aliphatic rings. The quantitative estimate of drug-likeness (QED) is 0.642. The molecule has 0 heterocycles. The molecule has 0 aliphatic heterocycles. The van der Waals surface area contributed by atoms with Crippen molar-refractivity contribution in [3.63, 3.8) is 0 Å². The van der Waals surface area contributed by atoms with Gasteiger partial charge in [0.2, 0.25) is 0 Å². The molecule has 3 heteroatoms.